The summed E-state index contributed by atoms with van der Waals surface area (Å²) in [6, 6.07) is 11.0. The maximum atomic E-state index is 9.68. The Kier molecular flexibility index (Phi) is 5.16. The van der Waals surface area contributed by atoms with Crippen LogP contribution in [0.25, 0.3) is 10.9 Å². The van der Waals surface area contributed by atoms with Gasteiger partial charge < -0.3 is 21.1 Å². The van der Waals surface area contributed by atoms with E-state index in [1.165, 1.54) is 6.33 Å². The van der Waals surface area contributed by atoms with Gasteiger partial charge in [-0.3, -0.25) is 0 Å². The van der Waals surface area contributed by atoms with Crippen molar-refractivity contribution in [2.45, 2.75) is 6.92 Å². The quantitative estimate of drug-likeness (QED) is 0.284. The number of nitrogens with zero attached hydrogens (tertiary/aromatic N) is 5. The zero-order valence-corrected chi connectivity index (χ0v) is 15.4. The zero-order valence-electron chi connectivity index (χ0n) is 15.4. The Balaban J connectivity index is 1.93. The molecule has 0 bridgehead atoms. The topological polar surface area (TPSA) is 112 Å². The van der Waals surface area contributed by atoms with E-state index < -0.39 is 0 Å². The summed E-state index contributed by atoms with van der Waals surface area (Å²) in [5.41, 5.74) is 8.97. The molecule has 3 aromatic rings. The van der Waals surface area contributed by atoms with E-state index >= 15 is 0 Å². The van der Waals surface area contributed by atoms with Crippen molar-refractivity contribution in [1.29, 1.82) is 0 Å². The van der Waals surface area contributed by atoms with Crippen LogP contribution in [0.1, 0.15) is 11.1 Å². The van der Waals surface area contributed by atoms with Gasteiger partial charge in [0.2, 0.25) is 5.96 Å². The van der Waals surface area contributed by atoms with Crippen LogP contribution in [0, 0.1) is 6.92 Å². The number of anilines is 2. The minimum absolute atomic E-state index is 0.254. The molecule has 138 valence electrons. The average Bonchev–Trinajstić information content (AvgIpc) is 2.65. The van der Waals surface area contributed by atoms with Gasteiger partial charge in [-0.05, 0) is 48.4 Å². The fourth-order valence-corrected chi connectivity index (χ4v) is 2.37. The molecule has 0 unspecified atom stereocenters. The molecule has 0 saturated heterocycles. The van der Waals surface area contributed by atoms with Crippen molar-refractivity contribution in [3.05, 3.63) is 53.9 Å². The monoisotopic (exact) mass is 363 g/mol. The summed E-state index contributed by atoms with van der Waals surface area (Å²) in [4.78, 5) is 10.3. The molecule has 0 amide bonds. The van der Waals surface area contributed by atoms with E-state index in [9.17, 15) is 5.11 Å². The number of phenols is 1. The third-order valence-electron chi connectivity index (χ3n) is 3.94. The van der Waals surface area contributed by atoms with Crippen LogP contribution in [0.4, 0.5) is 11.5 Å². The number of benzene rings is 2. The molecule has 2 aromatic carbocycles. The van der Waals surface area contributed by atoms with Crippen molar-refractivity contribution in [3.63, 3.8) is 0 Å². The summed E-state index contributed by atoms with van der Waals surface area (Å²) in [7, 11) is 3.59. The highest BCUT2D eigenvalue weighted by atomic mass is 16.3. The second kappa shape index (κ2) is 7.69. The summed E-state index contributed by atoms with van der Waals surface area (Å²) in [5.74, 6) is 1.24. The number of guanidine groups is 1. The first kappa shape index (κ1) is 18.1. The first-order chi connectivity index (χ1) is 12.9. The highest BCUT2D eigenvalue weighted by Gasteiger charge is 2.06. The minimum atomic E-state index is 0.254. The van der Waals surface area contributed by atoms with Crippen LogP contribution in [0.3, 0.4) is 0 Å². The normalized spacial score (nSPS) is 11.9. The predicted molar refractivity (Wildman–Crippen MR) is 109 cm³/mol. The van der Waals surface area contributed by atoms with E-state index in [2.05, 4.69) is 25.5 Å². The van der Waals surface area contributed by atoms with Gasteiger partial charge in [0.05, 0.1) is 11.7 Å². The second-order valence-corrected chi connectivity index (χ2v) is 6.22. The van der Waals surface area contributed by atoms with Gasteiger partial charge in [-0.1, -0.05) is 6.07 Å². The fourth-order valence-electron chi connectivity index (χ4n) is 2.37. The van der Waals surface area contributed by atoms with Crippen LogP contribution in [0.2, 0.25) is 0 Å². The minimum Gasteiger partial charge on any atom is -0.508 e. The van der Waals surface area contributed by atoms with E-state index in [1.54, 1.807) is 37.3 Å². The Morgan fingerprint density at radius 3 is 2.74 bits per heavy atom. The maximum Gasteiger partial charge on any atom is 0.215 e. The van der Waals surface area contributed by atoms with Gasteiger partial charge in [0.15, 0.2) is 0 Å². The van der Waals surface area contributed by atoms with Crippen molar-refractivity contribution < 1.29 is 5.11 Å². The Morgan fingerprint density at radius 1 is 1.19 bits per heavy atom. The van der Waals surface area contributed by atoms with Crippen molar-refractivity contribution in [3.8, 4) is 5.75 Å². The van der Waals surface area contributed by atoms with Crippen LogP contribution in [-0.2, 0) is 0 Å². The summed E-state index contributed by atoms with van der Waals surface area (Å²) in [6.07, 6.45) is 3.13. The van der Waals surface area contributed by atoms with Gasteiger partial charge in [-0.25, -0.2) is 9.97 Å². The number of hydrogen-bond acceptors (Lipinski definition) is 6. The number of aryl methyl sites for hydroxylation is 1. The summed E-state index contributed by atoms with van der Waals surface area (Å²) in [5, 5.41) is 21.7. The molecule has 3 rings (SSSR count). The molecule has 1 aromatic heterocycles. The number of nitrogens with two attached hydrogens (primary N) is 1. The molecular formula is C19H21N7O. The molecule has 8 heteroatoms. The van der Waals surface area contributed by atoms with E-state index in [0.717, 1.165) is 27.7 Å². The molecule has 0 radical (unpaired) electrons. The third-order valence-corrected chi connectivity index (χ3v) is 3.94. The van der Waals surface area contributed by atoms with Crippen molar-refractivity contribution in [1.82, 2.24) is 14.9 Å². The third kappa shape index (κ3) is 4.30. The van der Waals surface area contributed by atoms with E-state index in [1.807, 2.05) is 31.2 Å². The molecule has 0 aliphatic carbocycles. The number of aromatic nitrogens is 2. The van der Waals surface area contributed by atoms with Crippen LogP contribution >= 0.6 is 0 Å². The Bertz CT molecular complexity index is 1030. The molecule has 1 heterocycles. The standard InChI is InChI=1S/C19H21N7O/c1-12-8-14(5-7-17(12)27)24-18-15-9-13(4-6-16(15)21-11-22-18)10-23-25-19(20)26(2)3/h4-11,27H,1-3H3,(H2,20,25)(H,21,22,24)/b23-10+. The zero-order chi connectivity index (χ0) is 19.4. The molecule has 0 spiro atoms. The molecule has 0 aliphatic rings. The Morgan fingerprint density at radius 2 is 2.00 bits per heavy atom. The summed E-state index contributed by atoms with van der Waals surface area (Å²) in [6.45, 7) is 1.84. The van der Waals surface area contributed by atoms with Crippen molar-refractivity contribution >= 4 is 34.6 Å². The predicted octanol–water partition coefficient (Wildman–Crippen LogP) is 2.60. The van der Waals surface area contributed by atoms with Gasteiger partial charge in [0, 0.05) is 25.2 Å². The number of nitrogens with one attached hydrogen (secondary N) is 1. The first-order valence-corrected chi connectivity index (χ1v) is 8.29. The lowest BCUT2D eigenvalue weighted by Crippen LogP contribution is -2.29. The highest BCUT2D eigenvalue weighted by molar-refractivity contribution is 5.95. The number of hydrogen-bond donors (Lipinski definition) is 3. The smallest absolute Gasteiger partial charge is 0.215 e. The number of aromatic hydroxyl groups is 1. The average molecular weight is 363 g/mol. The maximum absolute atomic E-state index is 9.68. The van der Waals surface area contributed by atoms with Crippen molar-refractivity contribution in [2.24, 2.45) is 15.9 Å². The molecular weight excluding hydrogens is 342 g/mol. The van der Waals surface area contributed by atoms with E-state index in [-0.39, 0.29) is 5.75 Å². The van der Waals surface area contributed by atoms with Crippen LogP contribution in [0.15, 0.2) is 52.9 Å². The van der Waals surface area contributed by atoms with Gasteiger partial charge in [-0.2, -0.15) is 5.10 Å². The van der Waals surface area contributed by atoms with Crippen molar-refractivity contribution in [2.75, 3.05) is 19.4 Å². The van der Waals surface area contributed by atoms with Gasteiger partial charge in [0.25, 0.3) is 0 Å². The first-order valence-electron chi connectivity index (χ1n) is 8.29. The lowest BCUT2D eigenvalue weighted by molar-refractivity contribution is 0.471. The lowest BCUT2D eigenvalue weighted by atomic mass is 10.1. The summed E-state index contributed by atoms with van der Waals surface area (Å²) >= 11 is 0. The molecule has 0 saturated carbocycles. The lowest BCUT2D eigenvalue weighted by Gasteiger charge is -2.10. The second-order valence-electron chi connectivity index (χ2n) is 6.22. The van der Waals surface area contributed by atoms with Crippen LogP contribution in [0.5, 0.6) is 5.75 Å². The van der Waals surface area contributed by atoms with E-state index in [4.69, 9.17) is 5.73 Å². The molecule has 0 fully saturated rings. The number of phenolic OH excluding ortho intramolecular Hbond substituents is 1. The molecule has 27 heavy (non-hydrogen) atoms. The molecule has 0 aliphatic heterocycles. The highest BCUT2D eigenvalue weighted by Crippen LogP contribution is 2.26. The molecule has 0 atom stereocenters. The molecule has 4 N–H and O–H groups in total. The Hall–Kier alpha value is -3.68. The number of rotatable bonds is 4. The van der Waals surface area contributed by atoms with Crippen LogP contribution in [-0.4, -0.2) is 46.2 Å². The van der Waals surface area contributed by atoms with Gasteiger partial charge in [-0.15, -0.1) is 5.10 Å². The summed E-state index contributed by atoms with van der Waals surface area (Å²) < 4.78 is 0. The molecule has 8 nitrogen and oxygen atoms in total. The van der Waals surface area contributed by atoms with Gasteiger partial charge in [0.1, 0.15) is 17.9 Å². The SMILES string of the molecule is Cc1cc(Nc2ncnc3ccc(/C=N/N=C(N)N(C)C)cc23)ccc1O. The van der Waals surface area contributed by atoms with Gasteiger partial charge >= 0.3 is 0 Å². The van der Waals surface area contributed by atoms with E-state index in [0.29, 0.717) is 11.8 Å². The van der Waals surface area contributed by atoms with Crippen LogP contribution < -0.4 is 11.1 Å². The number of fused-ring (bicyclic) bond motifs is 1. The Labute approximate surface area is 157 Å². The largest absolute Gasteiger partial charge is 0.508 e. The fraction of sp³-hybridized carbons (Fsp3) is 0.158.